The van der Waals surface area contributed by atoms with Crippen LogP contribution in [0, 0.1) is 0 Å². The quantitative estimate of drug-likeness (QED) is 0.616. The van der Waals surface area contributed by atoms with Gasteiger partial charge in [0.2, 0.25) is 0 Å². The molecule has 1 aliphatic carbocycles. The van der Waals surface area contributed by atoms with Gasteiger partial charge in [-0.3, -0.25) is 4.68 Å². The maximum atomic E-state index is 10.6. The summed E-state index contributed by atoms with van der Waals surface area (Å²) >= 11 is 1.82. The zero-order valence-corrected chi connectivity index (χ0v) is 17.1. The van der Waals surface area contributed by atoms with Gasteiger partial charge in [-0.05, 0) is 41.7 Å². The predicted octanol–water partition coefficient (Wildman–Crippen LogP) is 4.52. The number of carbonyl (C=O) groups is 1. The number of thiophene rings is 1. The Balaban J connectivity index is 0.000000318. The number of nitrogens with zero attached hydrogens (tertiary/aromatic N) is 2. The maximum Gasteiger partial charge on any atom is 0.490 e. The van der Waals surface area contributed by atoms with Gasteiger partial charge in [-0.2, -0.15) is 29.6 Å². The van der Waals surface area contributed by atoms with Crippen molar-refractivity contribution in [1.82, 2.24) is 15.1 Å². The second-order valence-electron chi connectivity index (χ2n) is 6.94. The van der Waals surface area contributed by atoms with E-state index < -0.39 is 12.1 Å². The molecule has 5 nitrogen and oxygen atoms in total. The highest BCUT2D eigenvalue weighted by molar-refractivity contribution is 7.08. The topological polar surface area (TPSA) is 67.2 Å². The molecule has 0 amide bonds. The van der Waals surface area contributed by atoms with Crippen LogP contribution in [-0.2, 0) is 30.7 Å². The Labute approximate surface area is 176 Å². The monoisotopic (exact) mass is 437 g/mol. The van der Waals surface area contributed by atoms with Gasteiger partial charge in [-0.25, -0.2) is 4.79 Å². The Morgan fingerprint density at radius 1 is 1.23 bits per heavy atom. The van der Waals surface area contributed by atoms with Crippen LogP contribution in [0.1, 0.15) is 23.6 Å². The van der Waals surface area contributed by atoms with Gasteiger partial charge in [0.15, 0.2) is 0 Å². The van der Waals surface area contributed by atoms with Crippen molar-refractivity contribution in [3.8, 4) is 11.3 Å². The fraction of sp³-hybridized carbons (Fsp3) is 0.333. The van der Waals surface area contributed by atoms with E-state index in [1.807, 2.05) is 16.0 Å². The van der Waals surface area contributed by atoms with E-state index in [1.54, 1.807) is 0 Å². The number of aliphatic carboxylic acids is 1. The highest BCUT2D eigenvalue weighted by Gasteiger charge is 2.38. The molecule has 0 unspecified atom stereocenters. The number of halogens is 3. The van der Waals surface area contributed by atoms with E-state index in [2.05, 4.69) is 59.5 Å². The van der Waals surface area contributed by atoms with Gasteiger partial charge in [0, 0.05) is 36.5 Å². The number of carboxylic acid groups (broad SMARTS) is 1. The number of hydrogen-bond donors (Lipinski definition) is 2. The number of benzene rings is 1. The largest absolute Gasteiger partial charge is 0.490 e. The number of aryl methyl sites for hydroxylation is 1. The molecule has 160 valence electrons. The molecule has 0 aliphatic heterocycles. The number of alkyl halides is 3. The molecule has 0 atom stereocenters. The molecule has 1 aromatic carbocycles. The molecule has 30 heavy (non-hydrogen) atoms. The van der Waals surface area contributed by atoms with Crippen LogP contribution in [-0.4, -0.2) is 33.1 Å². The summed E-state index contributed by atoms with van der Waals surface area (Å²) in [5, 5.41) is 20.2. The summed E-state index contributed by atoms with van der Waals surface area (Å²) in [6, 6.07) is 11.0. The summed E-state index contributed by atoms with van der Waals surface area (Å²) in [6.45, 7) is 3.91. The third-order valence-electron chi connectivity index (χ3n) is 4.80. The van der Waals surface area contributed by atoms with Gasteiger partial charge < -0.3 is 10.4 Å². The normalized spacial score (nSPS) is 13.6. The highest BCUT2D eigenvalue weighted by Crippen LogP contribution is 2.27. The van der Waals surface area contributed by atoms with Crippen LogP contribution in [0.25, 0.3) is 11.3 Å². The lowest BCUT2D eigenvalue weighted by molar-refractivity contribution is -0.192. The van der Waals surface area contributed by atoms with Gasteiger partial charge in [-0.1, -0.05) is 30.3 Å². The molecule has 1 aliphatic rings. The zero-order chi connectivity index (χ0) is 21.7. The fourth-order valence-corrected chi connectivity index (χ4v) is 4.19. The minimum absolute atomic E-state index is 0.557. The summed E-state index contributed by atoms with van der Waals surface area (Å²) < 4.78 is 33.8. The molecule has 0 saturated heterocycles. The first-order valence-electron chi connectivity index (χ1n) is 9.47. The third kappa shape index (κ3) is 5.48. The van der Waals surface area contributed by atoms with Crippen LogP contribution in [0.15, 0.2) is 47.3 Å². The van der Waals surface area contributed by atoms with Crippen molar-refractivity contribution in [3.05, 3.63) is 64.0 Å². The number of carboxylic acids is 1. The van der Waals surface area contributed by atoms with Crippen LogP contribution in [0.2, 0.25) is 0 Å². The van der Waals surface area contributed by atoms with E-state index in [0.717, 1.165) is 31.6 Å². The number of rotatable bonds is 5. The second kappa shape index (κ2) is 9.44. The van der Waals surface area contributed by atoms with Crippen LogP contribution >= 0.6 is 11.3 Å². The zero-order valence-electron chi connectivity index (χ0n) is 16.3. The molecular formula is C21H22F3N3O2S. The van der Waals surface area contributed by atoms with E-state index in [9.17, 15) is 13.2 Å². The van der Waals surface area contributed by atoms with Crippen LogP contribution in [0.5, 0.6) is 0 Å². The lowest BCUT2D eigenvalue weighted by atomic mass is 10.1. The van der Waals surface area contributed by atoms with Gasteiger partial charge in [0.05, 0.1) is 5.69 Å². The third-order valence-corrected chi connectivity index (χ3v) is 5.64. The molecule has 0 fully saturated rings. The number of fused-ring (bicyclic) bond motifs is 1. The van der Waals surface area contributed by atoms with Crippen molar-refractivity contribution in [3.63, 3.8) is 0 Å². The Kier molecular flexibility index (Phi) is 6.94. The Morgan fingerprint density at radius 3 is 2.37 bits per heavy atom. The van der Waals surface area contributed by atoms with Crippen molar-refractivity contribution in [2.75, 3.05) is 0 Å². The fourth-order valence-electron chi connectivity index (χ4n) is 3.30. The average molecular weight is 437 g/mol. The molecule has 0 saturated carbocycles. The van der Waals surface area contributed by atoms with E-state index >= 15 is 0 Å². The first kappa shape index (κ1) is 22.0. The minimum atomic E-state index is -5.08. The molecule has 0 bridgehead atoms. The van der Waals surface area contributed by atoms with E-state index in [-0.39, 0.29) is 0 Å². The first-order chi connectivity index (χ1) is 14.3. The second-order valence-corrected chi connectivity index (χ2v) is 7.68. The molecule has 2 N–H and O–H groups in total. The van der Waals surface area contributed by atoms with Crippen LogP contribution < -0.4 is 5.32 Å². The lowest BCUT2D eigenvalue weighted by Gasteiger charge is -2.12. The molecule has 9 heteroatoms. The summed E-state index contributed by atoms with van der Waals surface area (Å²) in [7, 11) is 0. The summed E-state index contributed by atoms with van der Waals surface area (Å²) in [5.74, 6) is -2.76. The molecular weight excluding hydrogens is 415 g/mol. The lowest BCUT2D eigenvalue weighted by Crippen LogP contribution is -2.29. The molecule has 2 aromatic heterocycles. The predicted molar refractivity (Wildman–Crippen MR) is 109 cm³/mol. The number of aromatic nitrogens is 2. The smallest absolute Gasteiger partial charge is 0.475 e. The maximum absolute atomic E-state index is 10.6. The summed E-state index contributed by atoms with van der Waals surface area (Å²) in [6.07, 6.45) is -0.595. The van der Waals surface area contributed by atoms with Crippen molar-refractivity contribution in [1.29, 1.82) is 0 Å². The van der Waals surface area contributed by atoms with E-state index in [0.29, 0.717) is 6.04 Å². The molecule has 0 radical (unpaired) electrons. The highest BCUT2D eigenvalue weighted by atomic mass is 32.1. The number of hydrogen-bond acceptors (Lipinski definition) is 4. The molecule has 0 spiro atoms. The van der Waals surface area contributed by atoms with E-state index in [4.69, 9.17) is 15.0 Å². The van der Waals surface area contributed by atoms with Gasteiger partial charge in [0.25, 0.3) is 0 Å². The Morgan fingerprint density at radius 2 is 1.83 bits per heavy atom. The minimum Gasteiger partial charge on any atom is -0.475 e. The number of nitrogens with one attached hydrogen (secondary N) is 1. The first-order valence-corrected chi connectivity index (χ1v) is 10.4. The average Bonchev–Trinajstić information content (AvgIpc) is 3.41. The molecule has 2 heterocycles. The van der Waals surface area contributed by atoms with Crippen molar-refractivity contribution >= 4 is 17.3 Å². The van der Waals surface area contributed by atoms with Crippen molar-refractivity contribution in [2.24, 2.45) is 0 Å². The van der Waals surface area contributed by atoms with Gasteiger partial charge in [-0.15, -0.1) is 0 Å². The van der Waals surface area contributed by atoms with Crippen molar-refractivity contribution in [2.45, 2.75) is 45.1 Å². The SMILES string of the molecule is CCn1cc(CNC2Cc3cscc3C2)c(-c2ccccc2)n1.O=C(O)C(F)(F)F. The summed E-state index contributed by atoms with van der Waals surface area (Å²) in [4.78, 5) is 8.90. The van der Waals surface area contributed by atoms with Gasteiger partial charge >= 0.3 is 12.1 Å². The van der Waals surface area contributed by atoms with Gasteiger partial charge in [0.1, 0.15) is 0 Å². The molecule has 3 aromatic rings. The van der Waals surface area contributed by atoms with Crippen LogP contribution in [0.4, 0.5) is 13.2 Å². The summed E-state index contributed by atoms with van der Waals surface area (Å²) in [5.41, 5.74) is 6.64. The Hall–Kier alpha value is -2.65. The molecule has 4 rings (SSSR count). The van der Waals surface area contributed by atoms with E-state index in [1.165, 1.54) is 22.3 Å². The van der Waals surface area contributed by atoms with Crippen molar-refractivity contribution < 1.29 is 23.1 Å². The Bertz CT molecular complexity index is 963. The van der Waals surface area contributed by atoms with Crippen LogP contribution in [0.3, 0.4) is 0 Å². The standard InChI is InChI=1S/C19H21N3S.C2HF3O2/c1-2-22-11-17(19(21-22)14-6-4-3-5-7-14)10-20-18-8-15-12-23-13-16(15)9-18;3-2(4,5)1(6)7/h3-7,11-13,18,20H,2,8-10H2,1H3;(H,6,7).